The number of H-pyrrole nitrogens is 1. The van der Waals surface area contributed by atoms with Crippen LogP contribution in [0.2, 0.25) is 10.3 Å². The summed E-state index contributed by atoms with van der Waals surface area (Å²) >= 11 is 16.9. The van der Waals surface area contributed by atoms with Crippen LogP contribution in [0, 0.1) is 0 Å². The van der Waals surface area contributed by atoms with Crippen molar-refractivity contribution < 1.29 is 0 Å². The van der Waals surface area contributed by atoms with Gasteiger partial charge in [-0.05, 0) is 0 Å². The Kier molecular flexibility index (Phi) is 2.27. The van der Waals surface area contributed by atoms with Crippen LogP contribution in [-0.2, 0) is 5.88 Å². The van der Waals surface area contributed by atoms with Crippen molar-refractivity contribution in [1.82, 2.24) is 19.9 Å². The van der Waals surface area contributed by atoms with Crippen molar-refractivity contribution in [3.8, 4) is 0 Å². The lowest BCUT2D eigenvalue weighted by atomic mass is 10.7. The van der Waals surface area contributed by atoms with Crippen LogP contribution in [0.25, 0.3) is 11.3 Å². The van der Waals surface area contributed by atoms with Gasteiger partial charge in [0.25, 0.3) is 0 Å². The fourth-order valence-electron chi connectivity index (χ4n) is 0.904. The number of nitrogens with zero attached hydrogens (tertiary/aromatic N) is 3. The number of rotatable bonds is 1. The van der Waals surface area contributed by atoms with Gasteiger partial charge in [0.2, 0.25) is 0 Å². The van der Waals surface area contributed by atoms with Crippen LogP contribution in [0.4, 0.5) is 0 Å². The number of alkyl halides is 1. The summed E-state index contributed by atoms with van der Waals surface area (Å²) in [6, 6.07) is 0. The topological polar surface area (TPSA) is 54.5 Å². The number of imidazole rings is 1. The molecule has 2 aromatic heterocycles. The quantitative estimate of drug-likeness (QED) is 0.775. The number of nitrogens with one attached hydrogen (secondary N) is 1. The zero-order valence-electron chi connectivity index (χ0n) is 6.18. The number of halogens is 3. The summed E-state index contributed by atoms with van der Waals surface area (Å²) in [6.07, 6.45) is 0. The van der Waals surface area contributed by atoms with Gasteiger partial charge in [-0.3, -0.25) is 0 Å². The molecule has 1 N–H and O–H groups in total. The second-order valence-electron chi connectivity index (χ2n) is 2.29. The summed E-state index contributed by atoms with van der Waals surface area (Å²) in [6.45, 7) is 0. The highest BCUT2D eigenvalue weighted by atomic mass is 35.5. The molecule has 13 heavy (non-hydrogen) atoms. The molecule has 0 radical (unpaired) electrons. The molecule has 0 aliphatic carbocycles. The van der Waals surface area contributed by atoms with E-state index in [9.17, 15) is 0 Å². The largest absolute Gasteiger partial charge is 0.324 e. The Labute approximate surface area is 88.3 Å². The van der Waals surface area contributed by atoms with Gasteiger partial charge in [0.05, 0.1) is 5.88 Å². The van der Waals surface area contributed by atoms with Gasteiger partial charge in [-0.1, -0.05) is 23.2 Å². The minimum atomic E-state index is 0.141. The first-order chi connectivity index (χ1) is 6.20. The Hall–Kier alpha value is -0.580. The third-order valence-electron chi connectivity index (χ3n) is 1.43. The summed E-state index contributed by atoms with van der Waals surface area (Å²) in [4.78, 5) is 14.7. The molecule has 2 heterocycles. The molecule has 0 aliphatic rings. The van der Waals surface area contributed by atoms with Gasteiger partial charge < -0.3 is 4.98 Å². The molecule has 0 saturated heterocycles. The number of hydrogen-bond acceptors (Lipinski definition) is 3. The third kappa shape index (κ3) is 1.57. The molecule has 7 heteroatoms. The van der Waals surface area contributed by atoms with Crippen LogP contribution < -0.4 is 0 Å². The standard InChI is InChI=1S/C6H3Cl3N4/c7-1-2-10-5-6(11-2)13-4(9)3(8)12-5/h1H2,(H,10,11,12,13). The number of fused-ring (bicyclic) bond motifs is 1. The van der Waals surface area contributed by atoms with Gasteiger partial charge in [0.15, 0.2) is 21.6 Å². The Morgan fingerprint density at radius 1 is 1.08 bits per heavy atom. The summed E-state index contributed by atoms with van der Waals surface area (Å²) in [5, 5.41) is 0.292. The SMILES string of the molecule is ClCc1nc2nc(Cl)c(Cl)nc2[nH]1. The summed E-state index contributed by atoms with van der Waals surface area (Å²) in [5.41, 5.74) is 0.912. The molecule has 0 amide bonds. The van der Waals surface area contributed by atoms with E-state index in [1.165, 1.54) is 0 Å². The van der Waals surface area contributed by atoms with Gasteiger partial charge in [-0.15, -0.1) is 11.6 Å². The molecule has 0 aliphatic heterocycles. The van der Waals surface area contributed by atoms with Crippen molar-refractivity contribution in [2.45, 2.75) is 5.88 Å². The van der Waals surface area contributed by atoms with Crippen LogP contribution in [-0.4, -0.2) is 19.9 Å². The van der Waals surface area contributed by atoms with Crippen LogP contribution >= 0.6 is 34.8 Å². The van der Waals surface area contributed by atoms with Crippen LogP contribution in [0.3, 0.4) is 0 Å². The smallest absolute Gasteiger partial charge is 0.199 e. The predicted octanol–water partition coefficient (Wildman–Crippen LogP) is 2.40. The van der Waals surface area contributed by atoms with E-state index in [4.69, 9.17) is 34.8 Å². The Bertz CT molecular complexity index is 413. The Balaban J connectivity index is 2.70. The molecule has 0 fully saturated rings. The van der Waals surface area contributed by atoms with Gasteiger partial charge in [0, 0.05) is 0 Å². The molecular weight excluding hydrogens is 234 g/mol. The highest BCUT2D eigenvalue weighted by molar-refractivity contribution is 6.40. The van der Waals surface area contributed by atoms with Gasteiger partial charge in [-0.25, -0.2) is 15.0 Å². The number of aromatic nitrogens is 4. The van der Waals surface area contributed by atoms with E-state index >= 15 is 0 Å². The normalized spacial score (nSPS) is 11.0. The molecule has 4 nitrogen and oxygen atoms in total. The van der Waals surface area contributed by atoms with Crippen LogP contribution in [0.1, 0.15) is 5.82 Å². The minimum Gasteiger partial charge on any atom is -0.324 e. The summed E-state index contributed by atoms with van der Waals surface area (Å²) in [5.74, 6) is 0.864. The lowest BCUT2D eigenvalue weighted by Crippen LogP contribution is -1.84. The van der Waals surface area contributed by atoms with E-state index in [2.05, 4.69) is 19.9 Å². The van der Waals surface area contributed by atoms with Crippen LogP contribution in [0.15, 0.2) is 0 Å². The highest BCUT2D eigenvalue weighted by Gasteiger charge is 2.08. The van der Waals surface area contributed by atoms with Gasteiger partial charge >= 0.3 is 0 Å². The average molecular weight is 237 g/mol. The predicted molar refractivity (Wildman–Crippen MR) is 51.3 cm³/mol. The van der Waals surface area contributed by atoms with Crippen molar-refractivity contribution >= 4 is 46.1 Å². The molecule has 0 spiro atoms. The van der Waals surface area contributed by atoms with Crippen molar-refractivity contribution in [2.75, 3.05) is 0 Å². The maximum atomic E-state index is 5.65. The van der Waals surface area contributed by atoms with E-state index in [-0.39, 0.29) is 16.2 Å². The van der Waals surface area contributed by atoms with Crippen molar-refractivity contribution in [1.29, 1.82) is 0 Å². The lowest BCUT2D eigenvalue weighted by molar-refractivity contribution is 1.12. The number of aromatic amines is 1. The maximum absolute atomic E-state index is 5.65. The Morgan fingerprint density at radius 2 is 1.77 bits per heavy atom. The molecule has 2 aromatic rings. The monoisotopic (exact) mass is 236 g/mol. The molecule has 0 unspecified atom stereocenters. The maximum Gasteiger partial charge on any atom is 0.199 e. The first-order valence-electron chi connectivity index (χ1n) is 3.34. The third-order valence-corrected chi connectivity index (χ3v) is 2.30. The molecule has 0 saturated carbocycles. The Morgan fingerprint density at radius 3 is 2.46 bits per heavy atom. The lowest BCUT2D eigenvalue weighted by Gasteiger charge is -1.91. The molecule has 0 bridgehead atoms. The van der Waals surface area contributed by atoms with E-state index in [1.807, 2.05) is 0 Å². The van der Waals surface area contributed by atoms with Gasteiger partial charge in [-0.2, -0.15) is 0 Å². The van der Waals surface area contributed by atoms with E-state index < -0.39 is 0 Å². The molecular formula is C6H3Cl3N4. The van der Waals surface area contributed by atoms with Crippen LogP contribution in [0.5, 0.6) is 0 Å². The summed E-state index contributed by atoms with van der Waals surface area (Å²) < 4.78 is 0. The fourth-order valence-corrected chi connectivity index (χ4v) is 1.28. The molecule has 0 atom stereocenters. The first-order valence-corrected chi connectivity index (χ1v) is 4.63. The van der Waals surface area contributed by atoms with Gasteiger partial charge in [0.1, 0.15) is 5.82 Å². The minimum absolute atomic E-state index is 0.141. The van der Waals surface area contributed by atoms with E-state index in [1.54, 1.807) is 0 Å². The molecule has 2 rings (SSSR count). The summed E-state index contributed by atoms with van der Waals surface area (Å²) in [7, 11) is 0. The number of hydrogen-bond donors (Lipinski definition) is 1. The molecule has 0 aromatic carbocycles. The zero-order chi connectivity index (χ0) is 9.42. The second-order valence-corrected chi connectivity index (χ2v) is 3.28. The zero-order valence-corrected chi connectivity index (χ0v) is 8.45. The second kappa shape index (κ2) is 3.29. The molecule has 68 valence electrons. The fraction of sp³-hybridized carbons (Fsp3) is 0.167. The average Bonchev–Trinajstić information content (AvgIpc) is 2.48. The van der Waals surface area contributed by atoms with E-state index in [0.29, 0.717) is 17.1 Å². The first kappa shape index (κ1) is 8.99. The van der Waals surface area contributed by atoms with E-state index in [0.717, 1.165) is 0 Å². The van der Waals surface area contributed by atoms with Crippen molar-refractivity contribution in [2.24, 2.45) is 0 Å². The van der Waals surface area contributed by atoms with Crippen molar-refractivity contribution in [3.05, 3.63) is 16.1 Å². The highest BCUT2D eigenvalue weighted by Crippen LogP contribution is 2.19. The van der Waals surface area contributed by atoms with Crippen molar-refractivity contribution in [3.63, 3.8) is 0 Å².